The summed E-state index contributed by atoms with van der Waals surface area (Å²) in [4.78, 5) is 11.7. The Hall–Kier alpha value is -2.54. The molecule has 0 bridgehead atoms. The van der Waals surface area contributed by atoms with E-state index in [1.807, 2.05) is 0 Å². The molecule has 1 N–H and O–H groups in total. The molecule has 1 unspecified atom stereocenters. The van der Waals surface area contributed by atoms with Crippen LogP contribution in [-0.2, 0) is 14.9 Å². The first kappa shape index (κ1) is 18.8. The summed E-state index contributed by atoms with van der Waals surface area (Å²) >= 11 is 0. The van der Waals surface area contributed by atoms with Gasteiger partial charge in [0.05, 0.1) is 12.4 Å². The first-order valence-corrected chi connectivity index (χ1v) is 9.11. The lowest BCUT2D eigenvalue weighted by Crippen LogP contribution is -2.20. The van der Waals surface area contributed by atoms with E-state index in [2.05, 4.69) is 0 Å². The number of benzene rings is 2. The van der Waals surface area contributed by atoms with Gasteiger partial charge >= 0.3 is 16.1 Å². The summed E-state index contributed by atoms with van der Waals surface area (Å²) in [6.45, 7) is 3.04. The smallest absolute Gasteiger partial charge is 0.315 e. The lowest BCUT2D eigenvalue weighted by Gasteiger charge is -2.15. The molecule has 7 heteroatoms. The van der Waals surface area contributed by atoms with E-state index in [9.17, 15) is 18.3 Å². The number of carboxylic acid groups (broad SMARTS) is 1. The molecule has 0 fully saturated rings. The lowest BCUT2D eigenvalue weighted by atomic mass is 9.91. The maximum absolute atomic E-state index is 11.8. The fourth-order valence-corrected chi connectivity index (χ4v) is 2.79. The highest BCUT2D eigenvalue weighted by Crippen LogP contribution is 2.28. The third-order valence-electron chi connectivity index (χ3n) is 3.70. The molecule has 0 saturated heterocycles. The Bertz CT molecular complexity index is 823. The minimum Gasteiger partial charge on any atom is -0.497 e. The highest BCUT2D eigenvalue weighted by molar-refractivity contribution is 7.87. The topological polar surface area (TPSA) is 89.9 Å². The number of carbonyl (C=O) groups is 1. The minimum atomic E-state index is -3.69. The van der Waals surface area contributed by atoms with Crippen LogP contribution in [0.1, 0.15) is 30.9 Å². The summed E-state index contributed by atoms with van der Waals surface area (Å²) < 4.78 is 33.6. The molecule has 0 spiro atoms. The summed E-state index contributed by atoms with van der Waals surface area (Å²) in [5.74, 6) is -1.10. The number of methoxy groups -OCH3 is 1. The van der Waals surface area contributed by atoms with Gasteiger partial charge in [-0.25, -0.2) is 0 Å². The molecule has 0 aliphatic rings. The van der Waals surface area contributed by atoms with Gasteiger partial charge in [-0.2, -0.15) is 8.42 Å². The van der Waals surface area contributed by atoms with Crippen molar-refractivity contribution >= 4 is 16.1 Å². The van der Waals surface area contributed by atoms with E-state index < -0.39 is 27.3 Å². The highest BCUT2D eigenvalue weighted by Gasteiger charge is 2.23. The van der Waals surface area contributed by atoms with Gasteiger partial charge in [0.1, 0.15) is 17.4 Å². The number of ether oxygens (including phenoxy) is 1. The Morgan fingerprint density at radius 3 is 1.72 bits per heavy atom. The van der Waals surface area contributed by atoms with Crippen LogP contribution in [0.5, 0.6) is 11.5 Å². The average Bonchev–Trinajstić information content (AvgIpc) is 2.56. The number of aliphatic carboxylic acids is 1. The number of hydrogen-bond donors (Lipinski definition) is 1. The Kier molecular flexibility index (Phi) is 5.69. The molecule has 0 aliphatic carbocycles. The zero-order valence-electron chi connectivity index (χ0n) is 14.2. The van der Waals surface area contributed by atoms with Crippen LogP contribution >= 0.6 is 0 Å². The summed E-state index contributed by atoms with van der Waals surface area (Å²) in [6.07, 6.45) is 0. The molecule has 0 saturated carbocycles. The Balaban J connectivity index is 2.29. The van der Waals surface area contributed by atoms with Gasteiger partial charge in [0.15, 0.2) is 0 Å². The minimum absolute atomic E-state index is 0.149. The van der Waals surface area contributed by atoms with Crippen LogP contribution in [0.4, 0.5) is 0 Å². The van der Waals surface area contributed by atoms with Crippen molar-refractivity contribution in [2.24, 2.45) is 0 Å². The average molecular weight is 364 g/mol. The quantitative estimate of drug-likeness (QED) is 0.760. The van der Waals surface area contributed by atoms with Crippen LogP contribution in [0, 0.1) is 0 Å². The molecule has 6 nitrogen and oxygen atoms in total. The molecule has 0 aromatic heterocycles. The maximum Gasteiger partial charge on any atom is 0.315 e. The van der Waals surface area contributed by atoms with Crippen molar-refractivity contribution < 1.29 is 27.2 Å². The van der Waals surface area contributed by atoms with Crippen LogP contribution in [0.15, 0.2) is 48.5 Å². The van der Waals surface area contributed by atoms with Crippen LogP contribution < -0.4 is 8.92 Å². The van der Waals surface area contributed by atoms with Crippen LogP contribution in [0.2, 0.25) is 0 Å². The van der Waals surface area contributed by atoms with E-state index >= 15 is 0 Å². The number of carboxylic acids is 1. The predicted molar refractivity (Wildman–Crippen MR) is 93.6 cm³/mol. The summed E-state index contributed by atoms with van der Waals surface area (Å²) in [6, 6.07) is 12.8. The van der Waals surface area contributed by atoms with Gasteiger partial charge in [-0.05, 0) is 49.2 Å². The van der Waals surface area contributed by atoms with Gasteiger partial charge < -0.3 is 14.0 Å². The third kappa shape index (κ3) is 4.51. The largest absolute Gasteiger partial charge is 0.497 e. The monoisotopic (exact) mass is 364 g/mol. The van der Waals surface area contributed by atoms with Gasteiger partial charge in [0, 0.05) is 0 Å². The van der Waals surface area contributed by atoms with Crippen LogP contribution in [0.25, 0.3) is 0 Å². The molecule has 2 rings (SSSR count). The van der Waals surface area contributed by atoms with E-state index in [0.29, 0.717) is 16.9 Å². The van der Waals surface area contributed by atoms with Gasteiger partial charge in [0.2, 0.25) is 0 Å². The van der Waals surface area contributed by atoms with E-state index in [0.717, 1.165) is 0 Å². The van der Waals surface area contributed by atoms with Crippen molar-refractivity contribution in [2.45, 2.75) is 25.0 Å². The molecule has 1 atom stereocenters. The van der Waals surface area contributed by atoms with Crippen molar-refractivity contribution in [1.82, 2.24) is 0 Å². The normalized spacial score (nSPS) is 12.6. The molecule has 2 aromatic rings. The predicted octanol–water partition coefficient (Wildman–Crippen LogP) is 3.03. The molecular weight excluding hydrogens is 344 g/mol. The Morgan fingerprint density at radius 2 is 1.36 bits per heavy atom. The van der Waals surface area contributed by atoms with E-state index in [1.165, 1.54) is 33.1 Å². The third-order valence-corrected chi connectivity index (χ3v) is 5.28. The summed E-state index contributed by atoms with van der Waals surface area (Å²) in [5, 5.41) is 8.91. The maximum atomic E-state index is 11.8. The Labute approximate surface area is 147 Å². The summed E-state index contributed by atoms with van der Waals surface area (Å²) in [7, 11) is -2.16. The van der Waals surface area contributed by atoms with Crippen molar-refractivity contribution in [1.29, 1.82) is 0 Å². The standard InChI is InChI=1S/C18H20O6S/c1-12(2)25(21,22)24-16-10-6-14(7-11-16)17(18(19)20)13-4-8-15(23-3)9-5-13/h4-12,17H,1-3H3,(H,19,20). The molecule has 25 heavy (non-hydrogen) atoms. The zero-order chi connectivity index (χ0) is 18.6. The molecule has 134 valence electrons. The lowest BCUT2D eigenvalue weighted by molar-refractivity contribution is -0.137. The number of hydrogen-bond acceptors (Lipinski definition) is 5. The van der Waals surface area contributed by atoms with Crippen molar-refractivity contribution in [3.63, 3.8) is 0 Å². The SMILES string of the molecule is COc1ccc(C(C(=O)O)c2ccc(OS(=O)(=O)C(C)C)cc2)cc1. The molecule has 0 aliphatic heterocycles. The van der Waals surface area contributed by atoms with Crippen molar-refractivity contribution in [3.8, 4) is 11.5 Å². The van der Waals surface area contributed by atoms with Gasteiger partial charge in [-0.1, -0.05) is 24.3 Å². The van der Waals surface area contributed by atoms with Gasteiger partial charge in [0.25, 0.3) is 0 Å². The van der Waals surface area contributed by atoms with E-state index in [-0.39, 0.29) is 5.75 Å². The molecular formula is C18H20O6S. The molecule has 0 heterocycles. The molecule has 0 radical (unpaired) electrons. The molecule has 0 amide bonds. The van der Waals surface area contributed by atoms with E-state index in [4.69, 9.17) is 8.92 Å². The van der Waals surface area contributed by atoms with Gasteiger partial charge in [-0.15, -0.1) is 0 Å². The van der Waals surface area contributed by atoms with Crippen LogP contribution in [0.3, 0.4) is 0 Å². The number of rotatable bonds is 7. The Morgan fingerprint density at radius 1 is 0.920 bits per heavy atom. The first-order valence-electron chi connectivity index (χ1n) is 7.64. The summed E-state index contributed by atoms with van der Waals surface area (Å²) in [5.41, 5.74) is 1.11. The van der Waals surface area contributed by atoms with Crippen molar-refractivity contribution in [3.05, 3.63) is 59.7 Å². The highest BCUT2D eigenvalue weighted by atomic mass is 32.2. The first-order chi connectivity index (χ1) is 11.7. The molecule has 2 aromatic carbocycles. The second kappa shape index (κ2) is 7.57. The second-order valence-corrected chi connectivity index (χ2v) is 7.83. The fraction of sp³-hybridized carbons (Fsp3) is 0.278. The zero-order valence-corrected chi connectivity index (χ0v) is 15.0. The van der Waals surface area contributed by atoms with Gasteiger partial charge in [-0.3, -0.25) is 4.79 Å². The van der Waals surface area contributed by atoms with Crippen molar-refractivity contribution in [2.75, 3.05) is 7.11 Å². The fourth-order valence-electron chi connectivity index (χ4n) is 2.22. The van der Waals surface area contributed by atoms with E-state index in [1.54, 1.807) is 36.4 Å². The second-order valence-electron chi connectivity index (χ2n) is 5.74. The van der Waals surface area contributed by atoms with Crippen LogP contribution in [-0.4, -0.2) is 31.9 Å².